The Labute approximate surface area is 109 Å². The minimum Gasteiger partial charge on any atom is -0.370 e. The summed E-state index contributed by atoms with van der Waals surface area (Å²) in [6, 6.07) is 6.24. The van der Waals surface area contributed by atoms with Crippen molar-refractivity contribution in [2.24, 2.45) is 10.7 Å². The summed E-state index contributed by atoms with van der Waals surface area (Å²) in [5.41, 5.74) is 10.1. The van der Waals surface area contributed by atoms with Gasteiger partial charge in [-0.1, -0.05) is 25.1 Å². The van der Waals surface area contributed by atoms with Crippen LogP contribution in [0.1, 0.15) is 29.7 Å². The third-order valence-corrected chi connectivity index (χ3v) is 3.20. The van der Waals surface area contributed by atoms with Crippen LogP contribution in [0, 0.1) is 6.92 Å². The van der Waals surface area contributed by atoms with Crippen LogP contribution in [0.15, 0.2) is 23.2 Å². The second-order valence-corrected chi connectivity index (χ2v) is 4.16. The van der Waals surface area contributed by atoms with Crippen LogP contribution < -0.4 is 11.1 Å². The second kappa shape index (κ2) is 6.03. The van der Waals surface area contributed by atoms with E-state index >= 15 is 0 Å². The zero-order chi connectivity index (χ0) is 11.5. The summed E-state index contributed by atoms with van der Waals surface area (Å²) in [5, 5.41) is 3.24. The van der Waals surface area contributed by atoms with Crippen molar-refractivity contribution in [1.82, 2.24) is 5.32 Å². The third kappa shape index (κ3) is 2.79. The molecule has 1 aromatic carbocycles. The van der Waals surface area contributed by atoms with E-state index < -0.39 is 0 Å². The summed E-state index contributed by atoms with van der Waals surface area (Å²) in [6.07, 6.45) is 1.05. The zero-order valence-corrected chi connectivity index (χ0v) is 11.2. The number of aliphatic imine (C=N–C) groups is 1. The van der Waals surface area contributed by atoms with Gasteiger partial charge >= 0.3 is 0 Å². The lowest BCUT2D eigenvalue weighted by atomic mass is 9.95. The van der Waals surface area contributed by atoms with Gasteiger partial charge < -0.3 is 11.1 Å². The molecular formula is C13H20ClN3. The average Bonchev–Trinajstić information content (AvgIpc) is 2.82. The van der Waals surface area contributed by atoms with Gasteiger partial charge in [-0.2, -0.15) is 0 Å². The van der Waals surface area contributed by atoms with Crippen molar-refractivity contribution in [3.8, 4) is 0 Å². The summed E-state index contributed by atoms with van der Waals surface area (Å²) in [5.74, 6) is 0.927. The maximum Gasteiger partial charge on any atom is 0.118 e. The van der Waals surface area contributed by atoms with Crippen molar-refractivity contribution in [3.05, 3.63) is 34.9 Å². The highest BCUT2D eigenvalue weighted by molar-refractivity contribution is 5.89. The number of aryl methyl sites for hydroxylation is 1. The van der Waals surface area contributed by atoms with Crippen LogP contribution >= 0.6 is 12.4 Å². The van der Waals surface area contributed by atoms with Crippen LogP contribution in [-0.4, -0.2) is 18.9 Å². The maximum absolute atomic E-state index is 6.23. The molecular weight excluding hydrogens is 234 g/mol. The summed E-state index contributed by atoms with van der Waals surface area (Å²) < 4.78 is 0. The van der Waals surface area contributed by atoms with E-state index in [1.165, 1.54) is 16.7 Å². The summed E-state index contributed by atoms with van der Waals surface area (Å²) in [7, 11) is 0. The fourth-order valence-corrected chi connectivity index (χ4v) is 2.20. The van der Waals surface area contributed by atoms with Crippen molar-refractivity contribution in [1.29, 1.82) is 0 Å². The molecule has 17 heavy (non-hydrogen) atoms. The van der Waals surface area contributed by atoms with Gasteiger partial charge in [-0.15, -0.1) is 12.4 Å². The molecule has 0 radical (unpaired) electrons. The molecule has 0 aromatic heterocycles. The molecule has 1 aliphatic heterocycles. The van der Waals surface area contributed by atoms with E-state index in [4.69, 9.17) is 5.73 Å². The molecule has 4 heteroatoms. The SMILES string of the molecule is CCc1cccc(C(N)C2=NCCN2)c1C.Cl. The maximum atomic E-state index is 6.23. The van der Waals surface area contributed by atoms with Crippen molar-refractivity contribution >= 4 is 18.2 Å². The monoisotopic (exact) mass is 253 g/mol. The van der Waals surface area contributed by atoms with Gasteiger partial charge in [0.05, 0.1) is 12.6 Å². The highest BCUT2D eigenvalue weighted by Gasteiger charge is 2.18. The van der Waals surface area contributed by atoms with Crippen molar-refractivity contribution in [2.45, 2.75) is 26.3 Å². The van der Waals surface area contributed by atoms with E-state index in [-0.39, 0.29) is 18.4 Å². The number of halogens is 1. The quantitative estimate of drug-likeness (QED) is 0.866. The number of hydrogen-bond acceptors (Lipinski definition) is 3. The molecule has 0 saturated heterocycles. The van der Waals surface area contributed by atoms with Crippen molar-refractivity contribution in [2.75, 3.05) is 13.1 Å². The van der Waals surface area contributed by atoms with Crippen LogP contribution in [0.25, 0.3) is 0 Å². The Morgan fingerprint density at radius 3 is 2.82 bits per heavy atom. The number of hydrogen-bond donors (Lipinski definition) is 2. The molecule has 0 bridgehead atoms. The lowest BCUT2D eigenvalue weighted by Crippen LogP contribution is -2.31. The van der Waals surface area contributed by atoms with Gasteiger partial charge in [0.2, 0.25) is 0 Å². The Bertz CT molecular complexity index is 415. The Balaban J connectivity index is 0.00000144. The molecule has 0 amide bonds. The molecule has 3 N–H and O–H groups in total. The van der Waals surface area contributed by atoms with Crippen molar-refractivity contribution in [3.63, 3.8) is 0 Å². The van der Waals surface area contributed by atoms with Crippen LogP contribution in [0.4, 0.5) is 0 Å². The number of nitrogens with zero attached hydrogens (tertiary/aromatic N) is 1. The van der Waals surface area contributed by atoms with Gasteiger partial charge in [-0.25, -0.2) is 0 Å². The smallest absolute Gasteiger partial charge is 0.118 e. The zero-order valence-electron chi connectivity index (χ0n) is 10.4. The van der Waals surface area contributed by atoms with Crippen LogP contribution in [0.5, 0.6) is 0 Å². The first-order valence-corrected chi connectivity index (χ1v) is 5.86. The van der Waals surface area contributed by atoms with Gasteiger partial charge in [0.25, 0.3) is 0 Å². The number of benzene rings is 1. The molecule has 1 aromatic rings. The first-order valence-electron chi connectivity index (χ1n) is 5.86. The Morgan fingerprint density at radius 1 is 1.47 bits per heavy atom. The van der Waals surface area contributed by atoms with Gasteiger partial charge in [0, 0.05) is 6.54 Å². The Morgan fingerprint density at radius 2 is 2.24 bits per heavy atom. The molecule has 1 atom stereocenters. The first-order chi connectivity index (χ1) is 7.74. The normalized spacial score (nSPS) is 15.8. The third-order valence-electron chi connectivity index (χ3n) is 3.20. The molecule has 1 aliphatic rings. The Kier molecular flexibility index (Phi) is 4.97. The fourth-order valence-electron chi connectivity index (χ4n) is 2.20. The van der Waals surface area contributed by atoms with E-state index in [0.29, 0.717) is 0 Å². The lowest BCUT2D eigenvalue weighted by molar-refractivity contribution is 0.881. The van der Waals surface area contributed by atoms with E-state index in [0.717, 1.165) is 25.3 Å². The predicted octanol–water partition coefficient (Wildman–Crippen LogP) is 1.98. The molecule has 94 valence electrons. The topological polar surface area (TPSA) is 50.4 Å². The predicted molar refractivity (Wildman–Crippen MR) is 75.0 cm³/mol. The van der Waals surface area contributed by atoms with E-state index in [9.17, 15) is 0 Å². The molecule has 1 unspecified atom stereocenters. The summed E-state index contributed by atoms with van der Waals surface area (Å²) in [4.78, 5) is 4.39. The van der Waals surface area contributed by atoms with Gasteiger partial charge in [-0.05, 0) is 30.0 Å². The van der Waals surface area contributed by atoms with Gasteiger partial charge in [0.1, 0.15) is 5.84 Å². The number of amidine groups is 1. The first kappa shape index (κ1) is 14.0. The molecule has 0 saturated carbocycles. The standard InChI is InChI=1S/C13H19N3.ClH/c1-3-10-5-4-6-11(9(10)2)12(14)13-15-7-8-16-13;/h4-6,12H,3,7-8,14H2,1-2H3,(H,15,16);1H. The van der Waals surface area contributed by atoms with Crippen LogP contribution in [0.3, 0.4) is 0 Å². The number of nitrogens with two attached hydrogens (primary N) is 1. The minimum atomic E-state index is -0.103. The van der Waals surface area contributed by atoms with E-state index in [1.807, 2.05) is 0 Å². The molecule has 0 fully saturated rings. The number of rotatable bonds is 3. The van der Waals surface area contributed by atoms with Gasteiger partial charge in [-0.3, -0.25) is 4.99 Å². The van der Waals surface area contributed by atoms with Crippen LogP contribution in [0.2, 0.25) is 0 Å². The van der Waals surface area contributed by atoms with E-state index in [2.05, 4.69) is 42.4 Å². The highest BCUT2D eigenvalue weighted by Crippen LogP contribution is 2.21. The largest absolute Gasteiger partial charge is 0.370 e. The lowest BCUT2D eigenvalue weighted by Gasteiger charge is -2.17. The summed E-state index contributed by atoms with van der Waals surface area (Å²) in [6.45, 7) is 6.07. The van der Waals surface area contributed by atoms with E-state index in [1.54, 1.807) is 0 Å². The second-order valence-electron chi connectivity index (χ2n) is 4.16. The van der Waals surface area contributed by atoms with Gasteiger partial charge in [0.15, 0.2) is 0 Å². The molecule has 0 spiro atoms. The molecule has 1 heterocycles. The Hall–Kier alpha value is -1.06. The molecule has 2 rings (SSSR count). The van der Waals surface area contributed by atoms with Crippen molar-refractivity contribution < 1.29 is 0 Å². The highest BCUT2D eigenvalue weighted by atomic mass is 35.5. The number of nitrogens with one attached hydrogen (secondary N) is 1. The minimum absolute atomic E-state index is 0. The molecule has 3 nitrogen and oxygen atoms in total. The molecule has 0 aliphatic carbocycles. The summed E-state index contributed by atoms with van der Waals surface area (Å²) >= 11 is 0. The average molecular weight is 254 g/mol. The van der Waals surface area contributed by atoms with Crippen LogP contribution in [-0.2, 0) is 6.42 Å². The fraction of sp³-hybridized carbons (Fsp3) is 0.462.